The van der Waals surface area contributed by atoms with Gasteiger partial charge >= 0.3 is 0 Å². The predicted molar refractivity (Wildman–Crippen MR) is 92.4 cm³/mol. The first-order valence-electron chi connectivity index (χ1n) is 8.39. The Labute approximate surface area is 143 Å². The number of nitrogens with zero attached hydrogens (tertiary/aromatic N) is 1. The molecule has 1 aliphatic rings. The van der Waals surface area contributed by atoms with E-state index in [4.69, 9.17) is 5.11 Å². The quantitative estimate of drug-likeness (QED) is 0.761. The molecule has 1 aromatic rings. The second-order valence-corrected chi connectivity index (χ2v) is 8.16. The van der Waals surface area contributed by atoms with Crippen LogP contribution in [-0.2, 0) is 10.0 Å². The molecule has 6 nitrogen and oxygen atoms in total. The third kappa shape index (κ3) is 4.15. The molecular formula is C17H26N2O4S. The molecule has 0 spiro atoms. The van der Waals surface area contributed by atoms with Crippen molar-refractivity contribution in [2.24, 2.45) is 0 Å². The van der Waals surface area contributed by atoms with E-state index in [9.17, 15) is 13.2 Å². The summed E-state index contributed by atoms with van der Waals surface area (Å²) in [4.78, 5) is 12.4. The van der Waals surface area contributed by atoms with Crippen molar-refractivity contribution in [2.75, 3.05) is 19.7 Å². The molecule has 0 saturated carbocycles. The summed E-state index contributed by atoms with van der Waals surface area (Å²) in [5, 5.41) is 11.5. The second-order valence-electron chi connectivity index (χ2n) is 6.27. The minimum atomic E-state index is -3.60. The Morgan fingerprint density at radius 1 is 1.38 bits per heavy atom. The van der Waals surface area contributed by atoms with Crippen LogP contribution in [0.25, 0.3) is 0 Å². The second kappa shape index (κ2) is 8.09. The van der Waals surface area contributed by atoms with Crippen molar-refractivity contribution in [3.63, 3.8) is 0 Å². The summed E-state index contributed by atoms with van der Waals surface area (Å²) in [6, 6.07) is 4.67. The molecule has 2 N–H and O–H groups in total. The zero-order chi connectivity index (χ0) is 17.7. The van der Waals surface area contributed by atoms with E-state index < -0.39 is 10.0 Å². The third-order valence-electron chi connectivity index (χ3n) is 4.42. The average Bonchev–Trinajstić information content (AvgIpc) is 2.55. The number of aliphatic hydroxyl groups excluding tert-OH is 1. The molecule has 1 unspecified atom stereocenters. The number of aryl methyl sites for hydroxylation is 1. The lowest BCUT2D eigenvalue weighted by Crippen LogP contribution is -2.42. The van der Waals surface area contributed by atoms with Gasteiger partial charge in [0.2, 0.25) is 10.0 Å². The lowest BCUT2D eigenvalue weighted by Gasteiger charge is -2.32. The highest BCUT2D eigenvalue weighted by molar-refractivity contribution is 7.89. The molecule has 1 aromatic carbocycles. The van der Waals surface area contributed by atoms with Gasteiger partial charge in [0.1, 0.15) is 0 Å². The van der Waals surface area contributed by atoms with Crippen molar-refractivity contribution in [2.45, 2.75) is 50.5 Å². The smallest absolute Gasteiger partial charge is 0.251 e. The lowest BCUT2D eigenvalue weighted by molar-refractivity contribution is 0.0950. The highest BCUT2D eigenvalue weighted by Gasteiger charge is 2.31. The van der Waals surface area contributed by atoms with E-state index >= 15 is 0 Å². The molecule has 7 heteroatoms. The van der Waals surface area contributed by atoms with Crippen LogP contribution in [0.1, 0.15) is 48.5 Å². The average molecular weight is 354 g/mol. The van der Waals surface area contributed by atoms with E-state index in [0.29, 0.717) is 25.1 Å². The summed E-state index contributed by atoms with van der Waals surface area (Å²) >= 11 is 0. The number of amides is 1. The summed E-state index contributed by atoms with van der Waals surface area (Å²) in [7, 11) is -3.60. The summed E-state index contributed by atoms with van der Waals surface area (Å²) in [5.74, 6) is -0.315. The van der Waals surface area contributed by atoms with Gasteiger partial charge in [-0.2, -0.15) is 4.31 Å². The van der Waals surface area contributed by atoms with Crippen molar-refractivity contribution in [3.8, 4) is 0 Å². The fourth-order valence-corrected chi connectivity index (χ4v) is 4.67. The summed E-state index contributed by atoms with van der Waals surface area (Å²) < 4.78 is 27.3. The first-order valence-corrected chi connectivity index (χ1v) is 9.83. The van der Waals surface area contributed by atoms with Crippen LogP contribution >= 0.6 is 0 Å². The van der Waals surface area contributed by atoms with Gasteiger partial charge in [0.05, 0.1) is 4.90 Å². The van der Waals surface area contributed by atoms with Crippen molar-refractivity contribution in [1.82, 2.24) is 9.62 Å². The highest BCUT2D eigenvalue weighted by Crippen LogP contribution is 2.26. The van der Waals surface area contributed by atoms with E-state index in [1.807, 2.05) is 6.92 Å². The molecule has 0 bridgehead atoms. The van der Waals surface area contributed by atoms with Crippen molar-refractivity contribution < 1.29 is 18.3 Å². The zero-order valence-electron chi connectivity index (χ0n) is 14.3. The maximum absolute atomic E-state index is 12.9. The highest BCUT2D eigenvalue weighted by atomic mass is 32.2. The van der Waals surface area contributed by atoms with Crippen LogP contribution in [0.5, 0.6) is 0 Å². The maximum Gasteiger partial charge on any atom is 0.251 e. The van der Waals surface area contributed by atoms with Gasteiger partial charge in [-0.05, 0) is 50.8 Å². The SMILES string of the molecule is Cc1ccc(S(=O)(=O)N2CCCCC2C)cc1C(=O)NCCCO. The molecular weight excluding hydrogens is 328 g/mol. The Kier molecular flexibility index (Phi) is 6.37. The number of aliphatic hydroxyl groups is 1. The molecule has 1 heterocycles. The number of hydrogen-bond donors (Lipinski definition) is 2. The van der Waals surface area contributed by atoms with Crippen molar-refractivity contribution >= 4 is 15.9 Å². The number of carbonyl (C=O) groups is 1. The van der Waals surface area contributed by atoms with E-state index in [1.165, 1.54) is 10.4 Å². The molecule has 0 aliphatic carbocycles. The summed E-state index contributed by atoms with van der Waals surface area (Å²) in [5.41, 5.74) is 1.08. The van der Waals surface area contributed by atoms with Gasteiger partial charge in [-0.3, -0.25) is 4.79 Å². The van der Waals surface area contributed by atoms with Crippen molar-refractivity contribution in [1.29, 1.82) is 0 Å². The van der Waals surface area contributed by atoms with Gasteiger partial charge in [0.15, 0.2) is 0 Å². The predicted octanol–water partition coefficient (Wildman–Crippen LogP) is 1.67. The Balaban J connectivity index is 2.27. The van der Waals surface area contributed by atoms with Crippen LogP contribution in [0.4, 0.5) is 0 Å². The minimum Gasteiger partial charge on any atom is -0.396 e. The molecule has 1 saturated heterocycles. The molecule has 134 valence electrons. The minimum absolute atomic E-state index is 0.000525. The maximum atomic E-state index is 12.9. The standard InChI is InChI=1S/C17H26N2O4S/c1-13-7-8-15(12-16(13)17(21)18-9-5-11-20)24(22,23)19-10-4-3-6-14(19)2/h7-8,12,14,20H,3-6,9-11H2,1-2H3,(H,18,21). The topological polar surface area (TPSA) is 86.7 Å². The van der Waals surface area contributed by atoms with Gasteiger partial charge in [-0.15, -0.1) is 0 Å². The molecule has 1 atom stereocenters. The van der Waals surface area contributed by atoms with E-state index in [2.05, 4.69) is 5.32 Å². The molecule has 2 rings (SSSR count). The number of sulfonamides is 1. The fraction of sp³-hybridized carbons (Fsp3) is 0.588. The fourth-order valence-electron chi connectivity index (χ4n) is 2.95. The molecule has 0 radical (unpaired) electrons. The number of nitrogens with one attached hydrogen (secondary N) is 1. The Morgan fingerprint density at radius 2 is 2.12 bits per heavy atom. The number of piperidine rings is 1. The van der Waals surface area contributed by atoms with Crippen molar-refractivity contribution in [3.05, 3.63) is 29.3 Å². The normalized spacial score (nSPS) is 19.2. The number of benzene rings is 1. The Hall–Kier alpha value is -1.44. The van der Waals surface area contributed by atoms with Gasteiger partial charge in [-0.25, -0.2) is 8.42 Å². The first-order chi connectivity index (χ1) is 11.4. The largest absolute Gasteiger partial charge is 0.396 e. The molecule has 0 aromatic heterocycles. The van der Waals surface area contributed by atoms with Gasteiger partial charge in [0, 0.05) is 31.3 Å². The van der Waals surface area contributed by atoms with Crippen LogP contribution < -0.4 is 5.32 Å². The van der Waals surface area contributed by atoms with Crippen LogP contribution in [-0.4, -0.2) is 49.5 Å². The van der Waals surface area contributed by atoms with Crippen LogP contribution in [0.2, 0.25) is 0 Å². The number of hydrogen-bond acceptors (Lipinski definition) is 4. The zero-order valence-corrected chi connectivity index (χ0v) is 15.1. The summed E-state index contributed by atoms with van der Waals surface area (Å²) in [6.07, 6.45) is 3.23. The van der Waals surface area contributed by atoms with Gasteiger partial charge in [0.25, 0.3) is 5.91 Å². The van der Waals surface area contributed by atoms with E-state index in [0.717, 1.165) is 24.8 Å². The van der Waals surface area contributed by atoms with E-state index in [-0.39, 0.29) is 23.5 Å². The molecule has 24 heavy (non-hydrogen) atoms. The molecule has 1 fully saturated rings. The van der Waals surface area contributed by atoms with Crippen LogP contribution in [0, 0.1) is 6.92 Å². The molecule has 1 aliphatic heterocycles. The van der Waals surface area contributed by atoms with Gasteiger partial charge < -0.3 is 10.4 Å². The number of rotatable bonds is 6. The first kappa shape index (κ1) is 18.9. The van der Waals surface area contributed by atoms with E-state index in [1.54, 1.807) is 19.1 Å². The Morgan fingerprint density at radius 3 is 2.79 bits per heavy atom. The van der Waals surface area contributed by atoms with Gasteiger partial charge in [-0.1, -0.05) is 12.5 Å². The lowest BCUT2D eigenvalue weighted by atomic mass is 10.1. The van der Waals surface area contributed by atoms with Crippen LogP contribution in [0.3, 0.4) is 0 Å². The monoisotopic (exact) mass is 354 g/mol. The Bertz CT molecular complexity index is 688. The van der Waals surface area contributed by atoms with Crippen LogP contribution in [0.15, 0.2) is 23.1 Å². The molecule has 1 amide bonds. The third-order valence-corrected chi connectivity index (χ3v) is 6.43. The number of carbonyl (C=O) groups excluding carboxylic acids is 1. The summed E-state index contributed by atoms with van der Waals surface area (Å²) in [6.45, 7) is 4.58.